The standard InChI is InChI=1S/C70H50N2/c1-69(2)63-26-14-15-28-67(63)72-66-44-37-52(45-61(66)60-24-16-27-64(69)68(60)72)51-31-29-48(30-32-51)50-35-40-56(41-36-50)71(55-38-33-49(34-39-55)47-17-6-3-7-18-47)57-42-43-59-58-23-12-13-25-62(58)70(65(59)46-57,53-19-8-4-9-20-53)54-21-10-5-11-22-54/h3-46H,1-2H3. The molecule has 0 spiro atoms. The maximum Gasteiger partial charge on any atom is 0.0714 e. The number of aromatic nitrogens is 1. The minimum absolute atomic E-state index is 0.0866. The first kappa shape index (κ1) is 41.9. The number of para-hydroxylation sites is 2. The summed E-state index contributed by atoms with van der Waals surface area (Å²) < 4.78 is 2.49. The molecule has 11 aromatic carbocycles. The lowest BCUT2D eigenvalue weighted by atomic mass is 9.67. The molecule has 0 N–H and O–H groups in total. The van der Waals surface area contributed by atoms with E-state index in [0.29, 0.717) is 0 Å². The van der Waals surface area contributed by atoms with Crippen LogP contribution in [0.1, 0.15) is 47.2 Å². The first-order chi connectivity index (χ1) is 35.5. The largest absolute Gasteiger partial charge is 0.310 e. The van der Waals surface area contributed by atoms with Gasteiger partial charge in [0.15, 0.2) is 0 Å². The zero-order valence-corrected chi connectivity index (χ0v) is 40.3. The summed E-state index contributed by atoms with van der Waals surface area (Å²) in [6.45, 7) is 4.72. The molecule has 1 aliphatic carbocycles. The third kappa shape index (κ3) is 6.28. The lowest BCUT2D eigenvalue weighted by molar-refractivity contribution is 0.630. The molecule has 0 saturated heterocycles. The van der Waals surface area contributed by atoms with Gasteiger partial charge in [-0.05, 0) is 132 Å². The molecule has 2 aliphatic rings. The van der Waals surface area contributed by atoms with Gasteiger partial charge in [-0.2, -0.15) is 0 Å². The van der Waals surface area contributed by atoms with Crippen LogP contribution in [0.5, 0.6) is 0 Å². The summed E-state index contributed by atoms with van der Waals surface area (Å²) in [5, 5.41) is 2.59. The van der Waals surface area contributed by atoms with E-state index >= 15 is 0 Å². The summed E-state index contributed by atoms with van der Waals surface area (Å²) >= 11 is 0. The fourth-order valence-corrected chi connectivity index (χ4v) is 12.5. The molecule has 1 aromatic heterocycles. The molecule has 0 atom stereocenters. The average molecular weight is 919 g/mol. The Hall–Kier alpha value is -8.98. The van der Waals surface area contributed by atoms with Crippen molar-refractivity contribution in [1.29, 1.82) is 0 Å². The normalized spacial score (nSPS) is 13.6. The lowest BCUT2D eigenvalue weighted by Gasteiger charge is -2.35. The fourth-order valence-electron chi connectivity index (χ4n) is 12.5. The van der Waals surface area contributed by atoms with Crippen LogP contribution in [0.15, 0.2) is 267 Å². The van der Waals surface area contributed by atoms with Gasteiger partial charge in [0.05, 0.1) is 22.1 Å². The van der Waals surface area contributed by atoms with Gasteiger partial charge >= 0.3 is 0 Å². The maximum atomic E-state index is 2.49. The van der Waals surface area contributed by atoms with Crippen LogP contribution < -0.4 is 4.90 Å². The molecule has 0 amide bonds. The molecular formula is C70H50N2. The molecule has 0 saturated carbocycles. The molecule has 72 heavy (non-hydrogen) atoms. The summed E-state index contributed by atoms with van der Waals surface area (Å²) in [6, 6.07) is 98.8. The van der Waals surface area contributed by atoms with Crippen molar-refractivity contribution in [2.75, 3.05) is 4.90 Å². The van der Waals surface area contributed by atoms with Gasteiger partial charge in [0, 0.05) is 33.2 Å². The number of rotatable bonds is 8. The van der Waals surface area contributed by atoms with Crippen LogP contribution >= 0.6 is 0 Å². The van der Waals surface area contributed by atoms with Crippen LogP contribution in [0.4, 0.5) is 17.1 Å². The quantitative estimate of drug-likeness (QED) is 0.147. The Balaban J connectivity index is 0.851. The van der Waals surface area contributed by atoms with Crippen molar-refractivity contribution in [3.05, 3.63) is 300 Å². The van der Waals surface area contributed by atoms with Crippen LogP contribution in [0, 0.1) is 0 Å². The number of fused-ring (bicyclic) bond motifs is 8. The Morgan fingerprint density at radius 3 is 1.43 bits per heavy atom. The van der Waals surface area contributed by atoms with E-state index in [9.17, 15) is 0 Å². The first-order valence-electron chi connectivity index (χ1n) is 25.2. The molecule has 340 valence electrons. The summed E-state index contributed by atoms with van der Waals surface area (Å²) in [5.41, 5.74) is 24.1. The second-order valence-electron chi connectivity index (χ2n) is 20.0. The molecule has 2 nitrogen and oxygen atoms in total. The Morgan fingerprint density at radius 2 is 0.792 bits per heavy atom. The third-order valence-corrected chi connectivity index (χ3v) is 15.9. The van der Waals surface area contributed by atoms with Crippen molar-refractivity contribution < 1.29 is 0 Å². The van der Waals surface area contributed by atoms with Gasteiger partial charge in [-0.1, -0.05) is 226 Å². The molecule has 12 aromatic rings. The maximum absolute atomic E-state index is 2.49. The number of anilines is 3. The van der Waals surface area contributed by atoms with Crippen molar-refractivity contribution in [2.45, 2.75) is 24.7 Å². The van der Waals surface area contributed by atoms with Gasteiger partial charge in [-0.25, -0.2) is 0 Å². The van der Waals surface area contributed by atoms with E-state index in [1.807, 2.05) is 0 Å². The van der Waals surface area contributed by atoms with Crippen molar-refractivity contribution in [2.24, 2.45) is 0 Å². The molecule has 2 heteroatoms. The van der Waals surface area contributed by atoms with Crippen molar-refractivity contribution in [3.8, 4) is 50.2 Å². The van der Waals surface area contributed by atoms with E-state index < -0.39 is 5.41 Å². The van der Waals surface area contributed by atoms with Crippen molar-refractivity contribution in [1.82, 2.24) is 4.57 Å². The second-order valence-corrected chi connectivity index (χ2v) is 20.0. The molecule has 0 fully saturated rings. The van der Waals surface area contributed by atoms with Gasteiger partial charge in [0.1, 0.15) is 0 Å². The summed E-state index contributed by atoms with van der Waals surface area (Å²) in [4.78, 5) is 2.42. The molecule has 2 heterocycles. The SMILES string of the molecule is CC1(C)c2ccccc2-n2c3ccc(-c4ccc(-c5ccc(N(c6ccc(-c7ccccc7)cc6)c6ccc7c(c6)C(c6ccccc6)(c6ccccc6)c6ccccc6-7)cc5)cc4)cc3c3cccc1c32. The van der Waals surface area contributed by atoms with Crippen LogP contribution in [0.25, 0.3) is 72.0 Å². The van der Waals surface area contributed by atoms with E-state index in [2.05, 4.69) is 290 Å². The lowest BCUT2D eigenvalue weighted by Crippen LogP contribution is -2.28. The van der Waals surface area contributed by atoms with Crippen LogP contribution in [-0.4, -0.2) is 4.57 Å². The number of benzene rings is 11. The van der Waals surface area contributed by atoms with Gasteiger partial charge < -0.3 is 9.47 Å². The van der Waals surface area contributed by atoms with Crippen molar-refractivity contribution in [3.63, 3.8) is 0 Å². The van der Waals surface area contributed by atoms with Crippen LogP contribution in [0.3, 0.4) is 0 Å². The molecule has 14 rings (SSSR count). The number of hydrogen-bond acceptors (Lipinski definition) is 1. The molecular weight excluding hydrogens is 869 g/mol. The van der Waals surface area contributed by atoms with Gasteiger partial charge in [0.25, 0.3) is 0 Å². The monoisotopic (exact) mass is 918 g/mol. The average Bonchev–Trinajstić information content (AvgIpc) is 3.95. The van der Waals surface area contributed by atoms with Crippen LogP contribution in [-0.2, 0) is 10.8 Å². The highest BCUT2D eigenvalue weighted by Crippen LogP contribution is 2.57. The summed E-state index contributed by atoms with van der Waals surface area (Å²) in [5.74, 6) is 0. The Morgan fingerprint density at radius 1 is 0.319 bits per heavy atom. The highest BCUT2D eigenvalue weighted by molar-refractivity contribution is 6.12. The first-order valence-corrected chi connectivity index (χ1v) is 25.2. The third-order valence-electron chi connectivity index (χ3n) is 15.9. The van der Waals surface area contributed by atoms with Crippen molar-refractivity contribution >= 4 is 38.9 Å². The van der Waals surface area contributed by atoms with Crippen LogP contribution in [0.2, 0.25) is 0 Å². The molecule has 1 aliphatic heterocycles. The predicted molar refractivity (Wildman–Crippen MR) is 301 cm³/mol. The topological polar surface area (TPSA) is 8.17 Å². The number of nitrogens with zero attached hydrogens (tertiary/aromatic N) is 2. The van der Waals surface area contributed by atoms with E-state index in [0.717, 1.165) is 17.1 Å². The van der Waals surface area contributed by atoms with E-state index in [4.69, 9.17) is 0 Å². The summed E-state index contributed by atoms with van der Waals surface area (Å²) in [6.07, 6.45) is 0. The van der Waals surface area contributed by atoms with E-state index in [1.54, 1.807) is 0 Å². The molecule has 0 radical (unpaired) electrons. The Kier molecular flexibility index (Phi) is 9.50. The minimum atomic E-state index is -0.506. The zero-order valence-electron chi connectivity index (χ0n) is 40.3. The minimum Gasteiger partial charge on any atom is -0.310 e. The number of hydrogen-bond donors (Lipinski definition) is 0. The summed E-state index contributed by atoms with van der Waals surface area (Å²) in [7, 11) is 0. The molecule has 0 bridgehead atoms. The van der Waals surface area contributed by atoms with Gasteiger partial charge in [0.2, 0.25) is 0 Å². The smallest absolute Gasteiger partial charge is 0.0714 e. The van der Waals surface area contributed by atoms with Gasteiger partial charge in [-0.15, -0.1) is 0 Å². The predicted octanol–water partition coefficient (Wildman–Crippen LogP) is 18.3. The highest BCUT2D eigenvalue weighted by atomic mass is 15.1. The van der Waals surface area contributed by atoms with E-state index in [1.165, 1.54) is 105 Å². The second kappa shape index (κ2) is 16.3. The zero-order chi connectivity index (χ0) is 48.0. The fraction of sp³-hybridized carbons (Fsp3) is 0.0571. The van der Waals surface area contributed by atoms with E-state index in [-0.39, 0.29) is 5.41 Å². The van der Waals surface area contributed by atoms with Gasteiger partial charge in [-0.3, -0.25) is 0 Å². The Labute approximate surface area is 421 Å². The molecule has 0 unspecified atom stereocenters. The highest BCUT2D eigenvalue weighted by Gasteiger charge is 2.46. The Bertz CT molecular complexity index is 3980.